The summed E-state index contributed by atoms with van der Waals surface area (Å²) in [7, 11) is 0. The van der Waals surface area contributed by atoms with Gasteiger partial charge in [-0.2, -0.15) is 0 Å². The number of fused-ring (bicyclic) bond motifs is 1. The van der Waals surface area contributed by atoms with Crippen molar-refractivity contribution in [3.63, 3.8) is 0 Å². The lowest BCUT2D eigenvalue weighted by Gasteiger charge is -2.28. The number of nitrogens with one attached hydrogen (secondary N) is 1. The minimum Gasteiger partial charge on any atom is -0.479 e. The van der Waals surface area contributed by atoms with Crippen molar-refractivity contribution in [3.8, 4) is 22.6 Å². The van der Waals surface area contributed by atoms with Gasteiger partial charge in [0.15, 0.2) is 11.9 Å². The van der Waals surface area contributed by atoms with Gasteiger partial charge in [-0.25, -0.2) is 19.2 Å². The van der Waals surface area contributed by atoms with E-state index in [4.69, 9.17) is 32.9 Å². The third-order valence-electron chi connectivity index (χ3n) is 5.50. The fraction of sp³-hybridized carbons (Fsp3) is 0.269. The van der Waals surface area contributed by atoms with Crippen LogP contribution in [0.1, 0.15) is 43.7 Å². The van der Waals surface area contributed by atoms with E-state index in [1.165, 1.54) is 12.1 Å². The van der Waals surface area contributed by atoms with Crippen LogP contribution in [-0.4, -0.2) is 31.6 Å². The maximum Gasteiger partial charge on any atom is 0.337 e. The number of nitrogens with zero attached hydrogens (tertiary/aromatic N) is 2. The highest BCUT2D eigenvalue weighted by Crippen LogP contribution is 2.41. The molecule has 0 unspecified atom stereocenters. The second-order valence-electron chi connectivity index (χ2n) is 9.28. The van der Waals surface area contributed by atoms with Crippen LogP contribution in [0.4, 0.5) is 4.39 Å². The Hall–Kier alpha value is -3.00. The van der Waals surface area contributed by atoms with Crippen LogP contribution >= 0.6 is 23.2 Å². The number of rotatable bonds is 5. The number of hydrogen-bond donors (Lipinski definition) is 2. The molecule has 0 aliphatic heterocycles. The number of aryl methyl sites for hydroxylation is 1. The molecule has 9 heteroatoms. The zero-order valence-corrected chi connectivity index (χ0v) is 21.3. The number of benzene rings is 2. The maximum absolute atomic E-state index is 15.2. The van der Waals surface area contributed by atoms with Gasteiger partial charge in [0.2, 0.25) is 0 Å². The molecule has 0 saturated heterocycles. The number of ether oxygens (including phenoxy) is 1. The Bertz CT molecular complexity index is 1460. The zero-order valence-electron chi connectivity index (χ0n) is 19.8. The van der Waals surface area contributed by atoms with Crippen molar-refractivity contribution in [2.75, 3.05) is 0 Å². The topological polar surface area (TPSA) is 88.1 Å². The van der Waals surface area contributed by atoms with Gasteiger partial charge in [-0.05, 0) is 82.1 Å². The van der Waals surface area contributed by atoms with E-state index in [0.29, 0.717) is 44.4 Å². The largest absolute Gasteiger partial charge is 0.479 e. The second kappa shape index (κ2) is 9.22. The lowest BCUT2D eigenvalue weighted by Crippen LogP contribution is -2.28. The number of H-pyrrole nitrogens is 1. The Morgan fingerprint density at radius 3 is 2.37 bits per heavy atom. The number of carboxylic acids is 1. The summed E-state index contributed by atoms with van der Waals surface area (Å²) < 4.78 is 21.2. The SMILES string of the molecule is Cc1nc(-c2nc3ccc(Cl)cc3[nH]2)c(C)c(-c2ccc(Cl)cc2F)c1[C@H](OC(C)(C)C)C(=O)O. The van der Waals surface area contributed by atoms with Crippen LogP contribution in [0.3, 0.4) is 0 Å². The Morgan fingerprint density at radius 1 is 1.09 bits per heavy atom. The van der Waals surface area contributed by atoms with Gasteiger partial charge in [0.25, 0.3) is 0 Å². The van der Waals surface area contributed by atoms with Crippen LogP contribution in [0.25, 0.3) is 33.7 Å². The van der Waals surface area contributed by atoms with Crippen molar-refractivity contribution in [2.45, 2.75) is 46.3 Å². The number of halogens is 3. The van der Waals surface area contributed by atoms with Gasteiger partial charge in [-0.1, -0.05) is 23.2 Å². The first-order chi connectivity index (χ1) is 16.4. The van der Waals surface area contributed by atoms with Crippen LogP contribution in [0.5, 0.6) is 0 Å². The summed E-state index contributed by atoms with van der Waals surface area (Å²) in [5.41, 5.74) is 2.84. The Labute approximate surface area is 212 Å². The summed E-state index contributed by atoms with van der Waals surface area (Å²) in [6, 6.07) is 9.55. The normalized spacial score (nSPS) is 12.8. The van der Waals surface area contributed by atoms with E-state index in [-0.39, 0.29) is 16.1 Å². The Kier molecular flexibility index (Phi) is 6.62. The number of hydrogen-bond acceptors (Lipinski definition) is 4. The molecule has 0 aliphatic rings. The van der Waals surface area contributed by atoms with Crippen LogP contribution in [0, 0.1) is 19.7 Å². The molecule has 4 aromatic rings. The molecule has 0 radical (unpaired) electrons. The number of carbonyl (C=O) groups is 1. The van der Waals surface area contributed by atoms with Gasteiger partial charge >= 0.3 is 5.97 Å². The molecule has 0 aliphatic carbocycles. The second-order valence-corrected chi connectivity index (χ2v) is 10.2. The van der Waals surface area contributed by atoms with Crippen molar-refractivity contribution in [1.29, 1.82) is 0 Å². The summed E-state index contributed by atoms with van der Waals surface area (Å²) in [5, 5.41) is 10.9. The summed E-state index contributed by atoms with van der Waals surface area (Å²) in [6.07, 6.45) is -1.38. The van der Waals surface area contributed by atoms with Crippen molar-refractivity contribution < 1.29 is 19.0 Å². The molecule has 2 aromatic carbocycles. The molecule has 35 heavy (non-hydrogen) atoms. The highest BCUT2D eigenvalue weighted by atomic mass is 35.5. The minimum atomic E-state index is -1.38. The fourth-order valence-corrected chi connectivity index (χ4v) is 4.42. The van der Waals surface area contributed by atoms with Gasteiger partial charge in [0.05, 0.1) is 16.6 Å². The van der Waals surface area contributed by atoms with Crippen LogP contribution in [0.15, 0.2) is 36.4 Å². The summed E-state index contributed by atoms with van der Waals surface area (Å²) in [6.45, 7) is 8.71. The third-order valence-corrected chi connectivity index (χ3v) is 5.97. The predicted molar refractivity (Wildman–Crippen MR) is 135 cm³/mol. The lowest BCUT2D eigenvalue weighted by atomic mass is 9.89. The first kappa shape index (κ1) is 25.1. The van der Waals surface area contributed by atoms with E-state index in [1.54, 1.807) is 58.9 Å². The molecule has 0 fully saturated rings. The molecular weight excluding hydrogens is 492 g/mol. The number of carboxylic acid groups (broad SMARTS) is 1. The number of aromatic nitrogens is 3. The molecule has 4 rings (SSSR count). The molecule has 182 valence electrons. The van der Waals surface area contributed by atoms with Crippen molar-refractivity contribution in [3.05, 3.63) is 69.1 Å². The van der Waals surface area contributed by atoms with E-state index in [2.05, 4.69) is 9.97 Å². The first-order valence-corrected chi connectivity index (χ1v) is 11.6. The number of aromatic amines is 1. The summed E-state index contributed by atoms with van der Waals surface area (Å²) in [4.78, 5) is 24.9. The number of aliphatic carboxylic acids is 1. The van der Waals surface area contributed by atoms with Crippen molar-refractivity contribution in [2.24, 2.45) is 0 Å². The van der Waals surface area contributed by atoms with E-state index in [9.17, 15) is 9.90 Å². The molecule has 2 aromatic heterocycles. The Balaban J connectivity index is 2.05. The van der Waals surface area contributed by atoms with E-state index in [1.807, 2.05) is 0 Å². The highest BCUT2D eigenvalue weighted by molar-refractivity contribution is 6.31. The number of pyridine rings is 1. The van der Waals surface area contributed by atoms with Gasteiger partial charge < -0.3 is 14.8 Å². The fourth-order valence-electron chi connectivity index (χ4n) is 4.08. The van der Waals surface area contributed by atoms with Crippen molar-refractivity contribution in [1.82, 2.24) is 15.0 Å². The molecular formula is C26H24Cl2FN3O3. The number of imidazole rings is 1. The highest BCUT2D eigenvalue weighted by Gasteiger charge is 2.33. The average molecular weight is 516 g/mol. The Morgan fingerprint density at radius 2 is 1.74 bits per heavy atom. The minimum absolute atomic E-state index is 0.191. The van der Waals surface area contributed by atoms with E-state index < -0.39 is 23.5 Å². The molecule has 0 bridgehead atoms. The smallest absolute Gasteiger partial charge is 0.337 e. The monoisotopic (exact) mass is 515 g/mol. The summed E-state index contributed by atoms with van der Waals surface area (Å²) >= 11 is 12.1. The average Bonchev–Trinajstić information content (AvgIpc) is 3.16. The molecule has 6 nitrogen and oxygen atoms in total. The third kappa shape index (κ3) is 5.03. The quantitative estimate of drug-likeness (QED) is 0.291. The predicted octanol–water partition coefficient (Wildman–Crippen LogP) is 7.30. The molecule has 0 amide bonds. The van der Waals surface area contributed by atoms with E-state index >= 15 is 4.39 Å². The van der Waals surface area contributed by atoms with Crippen LogP contribution in [-0.2, 0) is 9.53 Å². The lowest BCUT2D eigenvalue weighted by molar-refractivity contribution is -0.160. The summed E-state index contributed by atoms with van der Waals surface area (Å²) in [5.74, 6) is -1.34. The van der Waals surface area contributed by atoms with Crippen molar-refractivity contribution >= 4 is 40.2 Å². The molecule has 0 saturated carbocycles. The van der Waals surface area contributed by atoms with Gasteiger partial charge in [0.1, 0.15) is 11.5 Å². The van der Waals surface area contributed by atoms with Crippen LogP contribution < -0.4 is 0 Å². The maximum atomic E-state index is 15.2. The first-order valence-electron chi connectivity index (χ1n) is 10.9. The van der Waals surface area contributed by atoms with Crippen LogP contribution in [0.2, 0.25) is 10.0 Å². The van der Waals surface area contributed by atoms with Gasteiger partial charge in [-0.15, -0.1) is 0 Å². The van der Waals surface area contributed by atoms with Gasteiger partial charge in [-0.3, -0.25) is 0 Å². The molecule has 0 spiro atoms. The van der Waals surface area contributed by atoms with E-state index in [0.717, 1.165) is 0 Å². The zero-order chi connectivity index (χ0) is 25.7. The molecule has 2 N–H and O–H groups in total. The molecule has 2 heterocycles. The standard InChI is InChI=1S/C26H24Cl2FN3O3/c1-12-20(16-8-6-14(27)10-17(16)29)21(23(25(33)34)35-26(3,4)5)13(2)30-22(12)24-31-18-9-7-15(28)11-19(18)32-24/h6-11,23H,1-5H3,(H,31,32)(H,33,34)/t23-/m0/s1. The molecule has 1 atom stereocenters. The van der Waals surface area contributed by atoms with Gasteiger partial charge in [0, 0.05) is 26.9 Å².